The number of phenolic OH excluding ortho intramolecular Hbond substituents is 1. The molecule has 2 N–H and O–H groups in total. The fourth-order valence-electron chi connectivity index (χ4n) is 13.2. The van der Waals surface area contributed by atoms with Crippen LogP contribution in [0.5, 0.6) is 11.8 Å². The van der Waals surface area contributed by atoms with Crippen molar-refractivity contribution in [2.45, 2.75) is 120 Å². The molecule has 2 aromatic heterocycles. The van der Waals surface area contributed by atoms with E-state index in [2.05, 4.69) is 37.9 Å². The minimum Gasteiger partial charge on any atom is -0.508 e. The number of amides is 4. The van der Waals surface area contributed by atoms with E-state index in [0.29, 0.717) is 91.2 Å². The number of carbonyl (C=O) groups excluding carboxylic acids is 4. The molecule has 12 rings (SSSR count). The normalized spacial score (nSPS) is 20.5. The van der Waals surface area contributed by atoms with Crippen molar-refractivity contribution in [1.82, 2.24) is 35.0 Å². The second-order valence-corrected chi connectivity index (χ2v) is 22.0. The number of piperidine rings is 1. The predicted molar refractivity (Wildman–Crippen MR) is 286 cm³/mol. The van der Waals surface area contributed by atoms with Crippen molar-refractivity contribution in [3.05, 3.63) is 82.0 Å². The van der Waals surface area contributed by atoms with E-state index in [9.17, 15) is 28.7 Å². The van der Waals surface area contributed by atoms with Crippen molar-refractivity contribution >= 4 is 52.1 Å². The first-order chi connectivity index (χ1) is 37.3. The van der Waals surface area contributed by atoms with Crippen LogP contribution < -0.4 is 15.0 Å². The van der Waals surface area contributed by atoms with Gasteiger partial charge >= 0.3 is 6.01 Å². The molecule has 8 heterocycles. The lowest BCUT2D eigenvalue weighted by Crippen LogP contribution is -2.45. The van der Waals surface area contributed by atoms with Gasteiger partial charge in [-0.15, -0.1) is 6.42 Å². The molecule has 1 saturated carbocycles. The molecule has 2 atom stereocenters. The number of terminal acetylenes is 1. The lowest BCUT2D eigenvalue weighted by Gasteiger charge is -2.52. The molecular weight excluding hydrogens is 987 g/mol. The van der Waals surface area contributed by atoms with Crippen LogP contribution in [0, 0.1) is 29.4 Å². The van der Waals surface area contributed by atoms with Gasteiger partial charge in [0.1, 0.15) is 35.2 Å². The molecule has 3 aromatic carbocycles. The summed E-state index contributed by atoms with van der Waals surface area (Å²) < 4.78 is 48.4. The highest BCUT2D eigenvalue weighted by molar-refractivity contribution is 6.04. The summed E-state index contributed by atoms with van der Waals surface area (Å²) in [5, 5.41) is 14.1. The summed E-state index contributed by atoms with van der Waals surface area (Å²) in [5.74, 6) is 1.85. The van der Waals surface area contributed by atoms with Crippen LogP contribution in [0.25, 0.3) is 32.9 Å². The topological polar surface area (TPSA) is 180 Å². The maximum atomic E-state index is 17.0. The van der Waals surface area contributed by atoms with E-state index in [1.165, 1.54) is 42.7 Å². The smallest absolute Gasteiger partial charge is 0.319 e. The number of pyridine rings is 1. The number of fused-ring (bicyclic) bond motifs is 5. The Hall–Kier alpha value is -6.81. The van der Waals surface area contributed by atoms with Gasteiger partial charge in [0, 0.05) is 76.0 Å². The van der Waals surface area contributed by atoms with Gasteiger partial charge in [0.05, 0.1) is 34.8 Å². The van der Waals surface area contributed by atoms with Crippen molar-refractivity contribution in [2.24, 2.45) is 5.41 Å². The van der Waals surface area contributed by atoms with Gasteiger partial charge in [-0.1, -0.05) is 24.1 Å². The molecule has 406 valence electrons. The van der Waals surface area contributed by atoms with E-state index in [0.717, 1.165) is 95.1 Å². The highest BCUT2D eigenvalue weighted by Gasteiger charge is 2.47. The number of hydrogen-bond acceptors (Lipinski definition) is 13. The first kappa shape index (κ1) is 53.6. The largest absolute Gasteiger partial charge is 0.508 e. The molecule has 2 unspecified atom stereocenters. The number of ether oxygens (including phenoxy) is 3. The number of aromatic nitrogens is 3. The number of hydrogen-bond donors (Lipinski definition) is 2. The van der Waals surface area contributed by atoms with Gasteiger partial charge in [0.2, 0.25) is 18.7 Å². The highest BCUT2D eigenvalue weighted by Crippen LogP contribution is 2.57. The number of aryl methyl sites for hydroxylation is 1. The number of anilines is 1. The number of nitrogens with one attached hydrogen (secondary N) is 1. The molecule has 1 spiro atoms. The van der Waals surface area contributed by atoms with Crippen molar-refractivity contribution in [3.63, 3.8) is 0 Å². The Kier molecular flexibility index (Phi) is 15.8. The molecule has 16 nitrogen and oxygen atoms in total. The number of benzene rings is 3. The minimum absolute atomic E-state index is 0.0143. The second-order valence-electron chi connectivity index (χ2n) is 22.0. The van der Waals surface area contributed by atoms with E-state index < -0.39 is 11.6 Å². The van der Waals surface area contributed by atoms with Crippen LogP contribution in [0.2, 0.25) is 0 Å². The number of nitrogens with zero attached hydrogens (tertiary/aromatic N) is 7. The average Bonchev–Trinajstić information content (AvgIpc) is 4.02. The van der Waals surface area contributed by atoms with Crippen molar-refractivity contribution in [1.29, 1.82) is 0 Å². The highest BCUT2D eigenvalue weighted by atomic mass is 19.1. The molecular formula is C59H68F2N8O8. The molecule has 5 aromatic rings. The number of methoxy groups -OCH3 is 1. The van der Waals surface area contributed by atoms with Gasteiger partial charge in [-0.3, -0.25) is 29.4 Å². The molecule has 18 heteroatoms. The maximum absolute atomic E-state index is 17.0. The lowest BCUT2D eigenvalue weighted by atomic mass is 9.56. The van der Waals surface area contributed by atoms with Gasteiger partial charge in [0.15, 0.2) is 5.82 Å². The Labute approximate surface area is 447 Å². The number of rotatable bonds is 11. The van der Waals surface area contributed by atoms with E-state index in [-0.39, 0.29) is 70.0 Å². The molecule has 0 bridgehead atoms. The summed E-state index contributed by atoms with van der Waals surface area (Å²) in [6, 6.07) is 12.0. The summed E-state index contributed by atoms with van der Waals surface area (Å²) in [4.78, 5) is 68.5. The number of likely N-dealkylation sites (tertiary alicyclic amines) is 1. The van der Waals surface area contributed by atoms with E-state index in [1.807, 2.05) is 22.8 Å². The summed E-state index contributed by atoms with van der Waals surface area (Å²) in [7, 11) is 3.25. The van der Waals surface area contributed by atoms with E-state index in [1.54, 1.807) is 14.2 Å². The summed E-state index contributed by atoms with van der Waals surface area (Å²) in [5.41, 5.74) is 4.38. The molecule has 6 aliphatic heterocycles. The molecule has 0 radical (unpaired) electrons. The quantitative estimate of drug-likeness (QED) is 0.0967. The molecule has 1 aliphatic carbocycles. The summed E-state index contributed by atoms with van der Waals surface area (Å²) in [6.07, 6.45) is 18.8. The maximum Gasteiger partial charge on any atom is 0.319 e. The number of phenols is 1. The first-order valence-corrected chi connectivity index (χ1v) is 27.1. The fourth-order valence-corrected chi connectivity index (χ4v) is 13.2. The van der Waals surface area contributed by atoms with Crippen molar-refractivity contribution < 1.29 is 47.3 Å². The number of imide groups is 1. The van der Waals surface area contributed by atoms with Crippen LogP contribution in [-0.2, 0) is 36.8 Å². The Bertz CT molecular complexity index is 3110. The lowest BCUT2D eigenvalue weighted by molar-refractivity contribution is -0.125. The van der Waals surface area contributed by atoms with Crippen molar-refractivity contribution in [3.8, 4) is 35.4 Å². The Morgan fingerprint density at radius 1 is 0.974 bits per heavy atom. The average molecular weight is 1060 g/mol. The van der Waals surface area contributed by atoms with E-state index >= 15 is 4.39 Å². The zero-order chi connectivity index (χ0) is 54.0. The zero-order valence-corrected chi connectivity index (χ0v) is 44.3. The third-order valence-electron chi connectivity index (χ3n) is 17.3. The van der Waals surface area contributed by atoms with Crippen LogP contribution in [0.1, 0.15) is 123 Å². The third kappa shape index (κ3) is 10.5. The number of carbonyl (C=O) groups is 4. The molecule has 7 aliphatic rings. The van der Waals surface area contributed by atoms with Crippen LogP contribution in [0.15, 0.2) is 42.5 Å². The monoisotopic (exact) mass is 1050 g/mol. The van der Waals surface area contributed by atoms with Crippen LogP contribution >= 0.6 is 0 Å². The standard InChI is InChI=1S/C34H33F2N5O3.C23H29N3O4.C2H6O/c1-2-23-25(35)8-6-20-16-22(42)17-24(27(20)23)30-29(36)31-28-26(37-30)9-7-21-18-43-15-5-14-41(21)32(28)39-33(38-31)44-19-34-10-3-12-40(34)13-4-11-34;1-16(2-5-21(29)24-14-27)26-13-18-10-17(3-4-20(18)22(26)30)19-11-23(12-19)6-8-25(15-28)9-7-23;1-3-2/h1,6,8,16-17,21,42H,3-5,7,9-15,18-19H2;3-4,10,14-16,19H,2,5-9,11-13H2,1H3,(H,24,27,29);1-2H3. The van der Waals surface area contributed by atoms with E-state index in [4.69, 9.17) is 30.8 Å². The van der Waals surface area contributed by atoms with Gasteiger partial charge in [-0.2, -0.15) is 9.97 Å². The first-order valence-electron chi connectivity index (χ1n) is 27.1. The third-order valence-corrected chi connectivity index (χ3v) is 17.3. The Morgan fingerprint density at radius 2 is 1.74 bits per heavy atom. The zero-order valence-electron chi connectivity index (χ0n) is 44.3. The SMILES string of the molecule is C#Cc1c(F)ccc2cc(O)cc(-c3nc4c5c(nc(OCC67CCCN6CCC7)nc5c3F)N3CCCOCC3CC4)c12.CC(CCC(=O)NC=O)N1Cc2cc(C3CC4(CCN(C=O)CC4)C3)ccc2C1=O.COC. The van der Waals surface area contributed by atoms with Gasteiger partial charge in [-0.25, -0.2) is 13.8 Å². The Morgan fingerprint density at radius 3 is 2.47 bits per heavy atom. The number of aromatic hydroxyl groups is 1. The molecule has 5 fully saturated rings. The molecule has 4 amide bonds. The molecule has 4 saturated heterocycles. The van der Waals surface area contributed by atoms with Crippen LogP contribution in [0.4, 0.5) is 14.6 Å². The summed E-state index contributed by atoms with van der Waals surface area (Å²) in [6.45, 7) is 8.72. The van der Waals surface area contributed by atoms with Gasteiger partial charge in [-0.05, 0) is 149 Å². The molecule has 77 heavy (non-hydrogen) atoms. The predicted octanol–water partition coefficient (Wildman–Crippen LogP) is 7.82. The Balaban J connectivity index is 0.000000178. The van der Waals surface area contributed by atoms with Crippen LogP contribution in [-0.4, -0.2) is 144 Å². The van der Waals surface area contributed by atoms with Gasteiger partial charge < -0.3 is 34.0 Å². The second kappa shape index (κ2) is 22.6. The van der Waals surface area contributed by atoms with Gasteiger partial charge in [0.25, 0.3) is 5.91 Å². The fraction of sp³-hybridized carbons (Fsp3) is 0.508. The van der Waals surface area contributed by atoms with Crippen molar-refractivity contribution in [2.75, 3.05) is 71.7 Å². The summed E-state index contributed by atoms with van der Waals surface area (Å²) >= 11 is 0. The minimum atomic E-state index is -0.692. The number of halogens is 2. The van der Waals surface area contributed by atoms with Crippen LogP contribution in [0.3, 0.4) is 0 Å².